The first-order valence-corrected chi connectivity index (χ1v) is 8.65. The number of nitrogens with zero attached hydrogens (tertiary/aromatic N) is 2. The van der Waals surface area contributed by atoms with Gasteiger partial charge in [-0.15, -0.1) is 0 Å². The van der Waals surface area contributed by atoms with Crippen molar-refractivity contribution in [3.05, 3.63) is 24.3 Å². The van der Waals surface area contributed by atoms with Crippen LogP contribution in [0.2, 0.25) is 0 Å². The number of benzene rings is 1. The molecular weight excluding hydrogens is 322 g/mol. The number of carbonyl (C=O) groups excluding carboxylic acids is 2. The molecule has 2 aliphatic rings. The van der Waals surface area contributed by atoms with Crippen LogP contribution in [0.25, 0.3) is 0 Å². The first-order valence-electron chi connectivity index (χ1n) is 8.65. The number of hydrogen-bond acceptors (Lipinski definition) is 5. The minimum absolute atomic E-state index is 0.0383. The Kier molecular flexibility index (Phi) is 5.60. The molecule has 2 saturated heterocycles. The average molecular weight is 347 g/mol. The Balaban J connectivity index is 1.55. The Morgan fingerprint density at radius 1 is 1.16 bits per heavy atom. The van der Waals surface area contributed by atoms with Crippen LogP contribution in [-0.4, -0.2) is 67.6 Å². The zero-order chi connectivity index (χ0) is 17.6. The summed E-state index contributed by atoms with van der Waals surface area (Å²) >= 11 is 0. The number of likely N-dealkylation sites (tertiary alicyclic amines) is 1. The summed E-state index contributed by atoms with van der Waals surface area (Å²) in [5.74, 6) is 0.567. The molecule has 0 spiro atoms. The van der Waals surface area contributed by atoms with Gasteiger partial charge in [-0.05, 0) is 37.1 Å². The van der Waals surface area contributed by atoms with Gasteiger partial charge < -0.3 is 19.9 Å². The van der Waals surface area contributed by atoms with E-state index in [1.165, 1.54) is 0 Å². The van der Waals surface area contributed by atoms with Gasteiger partial charge in [-0.2, -0.15) is 0 Å². The third-order valence-corrected chi connectivity index (χ3v) is 4.61. The molecule has 136 valence electrons. The zero-order valence-electron chi connectivity index (χ0n) is 14.5. The van der Waals surface area contributed by atoms with Gasteiger partial charge in [0, 0.05) is 32.7 Å². The predicted molar refractivity (Wildman–Crippen MR) is 94.3 cm³/mol. The van der Waals surface area contributed by atoms with Gasteiger partial charge in [-0.1, -0.05) is 0 Å². The zero-order valence-corrected chi connectivity index (χ0v) is 14.5. The van der Waals surface area contributed by atoms with E-state index in [1.807, 2.05) is 29.2 Å². The van der Waals surface area contributed by atoms with Crippen molar-refractivity contribution in [1.29, 1.82) is 0 Å². The molecule has 3 N–H and O–H groups in total. The summed E-state index contributed by atoms with van der Waals surface area (Å²) < 4.78 is 5.11. The van der Waals surface area contributed by atoms with Gasteiger partial charge in [-0.3, -0.25) is 15.6 Å². The van der Waals surface area contributed by atoms with Crippen LogP contribution in [0.15, 0.2) is 24.3 Å². The molecule has 8 heteroatoms. The Morgan fingerprint density at radius 2 is 1.88 bits per heavy atom. The lowest BCUT2D eigenvalue weighted by Gasteiger charge is -2.33. The van der Waals surface area contributed by atoms with Crippen molar-refractivity contribution >= 4 is 17.6 Å². The van der Waals surface area contributed by atoms with Crippen LogP contribution in [0, 0.1) is 0 Å². The van der Waals surface area contributed by atoms with E-state index in [9.17, 15) is 9.59 Å². The first kappa shape index (κ1) is 17.3. The summed E-state index contributed by atoms with van der Waals surface area (Å²) in [4.78, 5) is 28.7. The van der Waals surface area contributed by atoms with E-state index in [1.54, 1.807) is 12.0 Å². The van der Waals surface area contributed by atoms with Crippen molar-refractivity contribution in [3.63, 3.8) is 0 Å². The van der Waals surface area contributed by atoms with Crippen molar-refractivity contribution < 1.29 is 14.3 Å². The molecule has 3 rings (SSSR count). The highest BCUT2D eigenvalue weighted by Gasteiger charge is 2.36. The van der Waals surface area contributed by atoms with Crippen molar-refractivity contribution in [1.82, 2.24) is 20.5 Å². The summed E-state index contributed by atoms with van der Waals surface area (Å²) in [5, 5.41) is 3.23. The van der Waals surface area contributed by atoms with E-state index in [-0.39, 0.29) is 11.9 Å². The van der Waals surface area contributed by atoms with Gasteiger partial charge in [0.25, 0.3) is 5.91 Å². The Labute approximate surface area is 147 Å². The van der Waals surface area contributed by atoms with Crippen LogP contribution in [0.1, 0.15) is 12.8 Å². The maximum Gasteiger partial charge on any atom is 0.320 e. The quantitative estimate of drug-likeness (QED) is 0.696. The number of nitrogens with one attached hydrogen (secondary N) is 3. The normalized spacial score (nSPS) is 20.3. The fraction of sp³-hybridized carbons (Fsp3) is 0.529. The summed E-state index contributed by atoms with van der Waals surface area (Å²) in [6.45, 7) is 3.61. The van der Waals surface area contributed by atoms with E-state index in [0.717, 1.165) is 30.9 Å². The molecule has 2 fully saturated rings. The summed E-state index contributed by atoms with van der Waals surface area (Å²) in [7, 11) is 1.61. The van der Waals surface area contributed by atoms with E-state index in [4.69, 9.17) is 4.74 Å². The molecule has 0 radical (unpaired) electrons. The van der Waals surface area contributed by atoms with Gasteiger partial charge >= 0.3 is 6.03 Å². The number of urea groups is 1. The van der Waals surface area contributed by atoms with Gasteiger partial charge in [0.05, 0.1) is 12.8 Å². The number of ether oxygens (including phenoxy) is 1. The number of amides is 3. The molecule has 1 aromatic rings. The van der Waals surface area contributed by atoms with E-state index < -0.39 is 6.04 Å². The summed E-state index contributed by atoms with van der Waals surface area (Å²) in [6.07, 6.45) is 1.53. The van der Waals surface area contributed by atoms with Crippen molar-refractivity contribution in [2.75, 3.05) is 45.3 Å². The SMILES string of the molecule is COc1ccc(NNC(=O)C2CCCN2C(=O)N2CCNCC2)cc1. The van der Waals surface area contributed by atoms with E-state index in [0.29, 0.717) is 26.1 Å². The lowest BCUT2D eigenvalue weighted by molar-refractivity contribution is -0.124. The number of methoxy groups -OCH3 is 1. The maximum absolute atomic E-state index is 12.7. The van der Waals surface area contributed by atoms with Crippen LogP contribution in [0.5, 0.6) is 5.75 Å². The third-order valence-electron chi connectivity index (χ3n) is 4.61. The first-order chi connectivity index (χ1) is 12.2. The van der Waals surface area contributed by atoms with Crippen LogP contribution >= 0.6 is 0 Å². The minimum Gasteiger partial charge on any atom is -0.497 e. The highest BCUT2D eigenvalue weighted by atomic mass is 16.5. The fourth-order valence-electron chi connectivity index (χ4n) is 3.20. The van der Waals surface area contributed by atoms with Crippen molar-refractivity contribution in [3.8, 4) is 5.75 Å². The molecular formula is C17H25N5O3. The molecule has 2 heterocycles. The van der Waals surface area contributed by atoms with E-state index in [2.05, 4.69) is 16.2 Å². The fourth-order valence-corrected chi connectivity index (χ4v) is 3.20. The molecule has 1 unspecified atom stereocenters. The van der Waals surface area contributed by atoms with Crippen molar-refractivity contribution in [2.24, 2.45) is 0 Å². The largest absolute Gasteiger partial charge is 0.497 e. The number of piperazine rings is 1. The lowest BCUT2D eigenvalue weighted by Crippen LogP contribution is -2.55. The number of carbonyl (C=O) groups is 2. The number of hydrazine groups is 1. The number of anilines is 1. The molecule has 2 aliphatic heterocycles. The Hall–Kier alpha value is -2.48. The highest BCUT2D eigenvalue weighted by Crippen LogP contribution is 2.20. The smallest absolute Gasteiger partial charge is 0.320 e. The van der Waals surface area contributed by atoms with Crippen LogP contribution in [-0.2, 0) is 4.79 Å². The lowest BCUT2D eigenvalue weighted by atomic mass is 10.2. The predicted octanol–water partition coefficient (Wildman–Crippen LogP) is 0.628. The second-order valence-electron chi connectivity index (χ2n) is 6.21. The Bertz CT molecular complexity index is 601. The second kappa shape index (κ2) is 8.06. The molecule has 1 aromatic carbocycles. The van der Waals surface area contributed by atoms with Crippen LogP contribution in [0.4, 0.5) is 10.5 Å². The van der Waals surface area contributed by atoms with Gasteiger partial charge in [0.1, 0.15) is 11.8 Å². The molecule has 0 aliphatic carbocycles. The molecule has 8 nitrogen and oxygen atoms in total. The molecule has 3 amide bonds. The average Bonchev–Trinajstić information content (AvgIpc) is 3.16. The van der Waals surface area contributed by atoms with Crippen molar-refractivity contribution in [2.45, 2.75) is 18.9 Å². The monoisotopic (exact) mass is 347 g/mol. The topological polar surface area (TPSA) is 85.9 Å². The number of hydrogen-bond donors (Lipinski definition) is 3. The minimum atomic E-state index is -0.423. The van der Waals surface area contributed by atoms with E-state index >= 15 is 0 Å². The van der Waals surface area contributed by atoms with Gasteiger partial charge in [0.2, 0.25) is 0 Å². The Morgan fingerprint density at radius 3 is 2.56 bits per heavy atom. The maximum atomic E-state index is 12.7. The van der Waals surface area contributed by atoms with Gasteiger partial charge in [-0.25, -0.2) is 4.79 Å². The highest BCUT2D eigenvalue weighted by molar-refractivity contribution is 5.88. The summed E-state index contributed by atoms with van der Waals surface area (Å²) in [6, 6.07) is 6.79. The van der Waals surface area contributed by atoms with Gasteiger partial charge in [0.15, 0.2) is 0 Å². The molecule has 0 bridgehead atoms. The molecule has 0 aromatic heterocycles. The van der Waals surface area contributed by atoms with Crippen LogP contribution < -0.4 is 20.9 Å². The number of rotatable bonds is 4. The molecule has 25 heavy (non-hydrogen) atoms. The third kappa shape index (κ3) is 4.14. The standard InChI is InChI=1S/C17H25N5O3/c1-25-14-6-4-13(5-7-14)19-20-16(23)15-3-2-10-22(15)17(24)21-11-8-18-9-12-21/h4-7,15,18-19H,2-3,8-12H2,1H3,(H,20,23). The summed E-state index contributed by atoms with van der Waals surface area (Å²) in [5.41, 5.74) is 6.36. The second-order valence-corrected chi connectivity index (χ2v) is 6.21. The van der Waals surface area contributed by atoms with Crippen LogP contribution in [0.3, 0.4) is 0 Å². The molecule has 0 saturated carbocycles. The molecule has 1 atom stereocenters.